The van der Waals surface area contributed by atoms with Gasteiger partial charge in [0, 0.05) is 13.7 Å². The van der Waals surface area contributed by atoms with Crippen molar-refractivity contribution in [1.29, 1.82) is 0 Å². The van der Waals surface area contributed by atoms with Gasteiger partial charge in [0.15, 0.2) is 0 Å². The fourth-order valence-electron chi connectivity index (χ4n) is 1.51. The van der Waals surface area contributed by atoms with E-state index in [0.717, 1.165) is 0 Å². The summed E-state index contributed by atoms with van der Waals surface area (Å²) in [7, 11) is 1.55. The Hall–Kier alpha value is -1.43. The lowest BCUT2D eigenvalue weighted by Gasteiger charge is -2.15. The number of ether oxygens (including phenoxy) is 1. The molecule has 0 aliphatic rings. The molecule has 0 heterocycles. The number of benzene rings is 1. The maximum atomic E-state index is 11.0. The first-order chi connectivity index (χ1) is 8.19. The Bertz CT molecular complexity index is 367. The highest BCUT2D eigenvalue weighted by Gasteiger charge is 2.11. The first-order valence-corrected chi connectivity index (χ1v) is 5.33. The number of aliphatic hydroxyl groups excluding tert-OH is 1. The Balaban J connectivity index is 2.65. The van der Waals surface area contributed by atoms with Crippen LogP contribution in [0.5, 0.6) is 0 Å². The van der Waals surface area contributed by atoms with Crippen molar-refractivity contribution < 1.29 is 19.7 Å². The first-order valence-electron chi connectivity index (χ1n) is 5.33. The summed E-state index contributed by atoms with van der Waals surface area (Å²) in [6.45, 7) is 0.714. The van der Waals surface area contributed by atoms with Crippen molar-refractivity contribution in [1.82, 2.24) is 5.32 Å². The largest absolute Gasteiger partial charge is 0.478 e. The summed E-state index contributed by atoms with van der Waals surface area (Å²) in [6.07, 6.45) is 0. The Morgan fingerprint density at radius 3 is 2.76 bits per heavy atom. The van der Waals surface area contributed by atoms with Gasteiger partial charge in [0.1, 0.15) is 0 Å². The van der Waals surface area contributed by atoms with Crippen molar-refractivity contribution in [2.75, 3.05) is 20.3 Å². The summed E-state index contributed by atoms with van der Waals surface area (Å²) in [4.78, 5) is 11.0. The van der Waals surface area contributed by atoms with Gasteiger partial charge in [0.05, 0.1) is 24.8 Å². The third-order valence-electron chi connectivity index (χ3n) is 2.42. The minimum atomic E-state index is -0.949. The molecule has 1 aromatic rings. The van der Waals surface area contributed by atoms with Gasteiger partial charge in [-0.05, 0) is 11.6 Å². The number of hydrogen-bond donors (Lipinski definition) is 3. The van der Waals surface area contributed by atoms with Crippen LogP contribution in [-0.4, -0.2) is 42.5 Å². The van der Waals surface area contributed by atoms with E-state index in [0.29, 0.717) is 18.7 Å². The molecule has 0 aromatic heterocycles. The van der Waals surface area contributed by atoms with E-state index >= 15 is 0 Å². The minimum absolute atomic E-state index is 0.0525. The average molecular weight is 239 g/mol. The second kappa shape index (κ2) is 7.01. The molecule has 0 spiro atoms. The zero-order valence-electron chi connectivity index (χ0n) is 9.72. The molecule has 0 saturated carbocycles. The third-order valence-corrected chi connectivity index (χ3v) is 2.42. The second-order valence-corrected chi connectivity index (χ2v) is 3.68. The quantitative estimate of drug-likeness (QED) is 0.645. The van der Waals surface area contributed by atoms with Gasteiger partial charge in [0.2, 0.25) is 0 Å². The van der Waals surface area contributed by atoms with E-state index in [1.165, 1.54) is 0 Å². The topological polar surface area (TPSA) is 78.8 Å². The van der Waals surface area contributed by atoms with E-state index in [9.17, 15) is 4.79 Å². The first kappa shape index (κ1) is 13.6. The molecule has 1 aromatic carbocycles. The molecular formula is C12H17NO4. The van der Waals surface area contributed by atoms with Gasteiger partial charge in [-0.1, -0.05) is 18.2 Å². The molecule has 1 unspecified atom stereocenters. The molecule has 0 aliphatic heterocycles. The molecule has 5 nitrogen and oxygen atoms in total. The van der Waals surface area contributed by atoms with Crippen molar-refractivity contribution in [2.24, 2.45) is 0 Å². The molecule has 1 rings (SSSR count). The van der Waals surface area contributed by atoms with Crippen LogP contribution >= 0.6 is 0 Å². The fourth-order valence-corrected chi connectivity index (χ4v) is 1.51. The molecule has 1 atom stereocenters. The molecule has 0 radical (unpaired) electrons. The van der Waals surface area contributed by atoms with E-state index in [2.05, 4.69) is 5.32 Å². The average Bonchev–Trinajstić information content (AvgIpc) is 2.34. The maximum absolute atomic E-state index is 11.0. The van der Waals surface area contributed by atoms with E-state index < -0.39 is 5.97 Å². The highest BCUT2D eigenvalue weighted by atomic mass is 16.5. The van der Waals surface area contributed by atoms with Crippen LogP contribution in [0.2, 0.25) is 0 Å². The monoisotopic (exact) mass is 239 g/mol. The van der Waals surface area contributed by atoms with Crippen LogP contribution in [-0.2, 0) is 11.3 Å². The summed E-state index contributed by atoms with van der Waals surface area (Å²) in [5.41, 5.74) is 0.962. The standard InChI is InChI=1S/C12H17NO4/c1-17-8-10(7-14)13-6-9-4-2-3-5-11(9)12(15)16/h2-5,10,13-14H,6-8H2,1H3,(H,15,16). The Morgan fingerprint density at radius 2 is 2.18 bits per heavy atom. The number of nitrogens with one attached hydrogen (secondary N) is 1. The molecular weight excluding hydrogens is 222 g/mol. The molecule has 5 heteroatoms. The maximum Gasteiger partial charge on any atom is 0.336 e. The lowest BCUT2D eigenvalue weighted by Crippen LogP contribution is -2.36. The number of hydrogen-bond acceptors (Lipinski definition) is 4. The number of carboxylic acids is 1. The van der Waals surface area contributed by atoms with E-state index in [4.69, 9.17) is 14.9 Å². The SMILES string of the molecule is COCC(CO)NCc1ccccc1C(=O)O. The molecule has 0 amide bonds. The minimum Gasteiger partial charge on any atom is -0.478 e. The van der Waals surface area contributed by atoms with Crippen molar-refractivity contribution >= 4 is 5.97 Å². The van der Waals surface area contributed by atoms with Gasteiger partial charge in [0.25, 0.3) is 0 Å². The number of carboxylic acid groups (broad SMARTS) is 1. The summed E-state index contributed by atoms with van der Waals surface area (Å²) in [6, 6.07) is 6.59. The van der Waals surface area contributed by atoms with Gasteiger partial charge in [-0.25, -0.2) is 4.79 Å². The van der Waals surface area contributed by atoms with Crippen LogP contribution in [0.1, 0.15) is 15.9 Å². The number of aromatic carboxylic acids is 1. The van der Waals surface area contributed by atoms with Gasteiger partial charge in [-0.15, -0.1) is 0 Å². The van der Waals surface area contributed by atoms with Gasteiger partial charge in [-0.2, -0.15) is 0 Å². The van der Waals surface area contributed by atoms with Crippen molar-refractivity contribution in [3.8, 4) is 0 Å². The third kappa shape index (κ3) is 4.14. The number of carbonyl (C=O) groups is 1. The predicted octanol–water partition coefficient (Wildman–Crippen LogP) is 0.482. The normalized spacial score (nSPS) is 12.4. The fraction of sp³-hybridized carbons (Fsp3) is 0.417. The molecule has 0 saturated heterocycles. The van der Waals surface area contributed by atoms with E-state index in [1.54, 1.807) is 31.4 Å². The summed E-state index contributed by atoms with van der Waals surface area (Å²) >= 11 is 0. The van der Waals surface area contributed by atoms with Crippen molar-refractivity contribution in [2.45, 2.75) is 12.6 Å². The molecule has 3 N–H and O–H groups in total. The predicted molar refractivity (Wildman–Crippen MR) is 63.0 cm³/mol. The summed E-state index contributed by atoms with van der Waals surface area (Å²) in [5.74, 6) is -0.949. The lowest BCUT2D eigenvalue weighted by molar-refractivity contribution is 0.0695. The zero-order valence-corrected chi connectivity index (χ0v) is 9.72. The summed E-state index contributed by atoms with van der Waals surface area (Å²) in [5, 5.41) is 21.1. The van der Waals surface area contributed by atoms with Crippen LogP contribution in [0.25, 0.3) is 0 Å². The van der Waals surface area contributed by atoms with Crippen LogP contribution in [0.3, 0.4) is 0 Å². The molecule has 17 heavy (non-hydrogen) atoms. The van der Waals surface area contributed by atoms with Crippen LogP contribution in [0.4, 0.5) is 0 Å². The number of rotatable bonds is 7. The van der Waals surface area contributed by atoms with Gasteiger partial charge >= 0.3 is 5.97 Å². The van der Waals surface area contributed by atoms with Crippen molar-refractivity contribution in [3.05, 3.63) is 35.4 Å². The van der Waals surface area contributed by atoms with E-state index in [-0.39, 0.29) is 18.2 Å². The number of methoxy groups -OCH3 is 1. The molecule has 94 valence electrons. The van der Waals surface area contributed by atoms with Crippen LogP contribution in [0.15, 0.2) is 24.3 Å². The van der Waals surface area contributed by atoms with Gasteiger partial charge in [-0.3, -0.25) is 0 Å². The molecule has 0 bridgehead atoms. The Morgan fingerprint density at radius 1 is 1.47 bits per heavy atom. The van der Waals surface area contributed by atoms with Crippen LogP contribution < -0.4 is 5.32 Å². The zero-order chi connectivity index (χ0) is 12.7. The summed E-state index contributed by atoms with van der Waals surface area (Å²) < 4.78 is 4.92. The highest BCUT2D eigenvalue weighted by Crippen LogP contribution is 2.08. The lowest BCUT2D eigenvalue weighted by atomic mass is 10.1. The van der Waals surface area contributed by atoms with E-state index in [1.807, 2.05) is 0 Å². The number of aliphatic hydroxyl groups is 1. The Kier molecular flexibility index (Phi) is 5.62. The molecule has 0 fully saturated rings. The van der Waals surface area contributed by atoms with Gasteiger partial charge < -0.3 is 20.3 Å². The molecule has 0 aliphatic carbocycles. The smallest absolute Gasteiger partial charge is 0.336 e. The Labute approximate surface area is 100 Å². The second-order valence-electron chi connectivity index (χ2n) is 3.68. The van der Waals surface area contributed by atoms with Crippen LogP contribution in [0, 0.1) is 0 Å². The van der Waals surface area contributed by atoms with Crippen molar-refractivity contribution in [3.63, 3.8) is 0 Å². The highest BCUT2D eigenvalue weighted by molar-refractivity contribution is 5.89.